The molecule has 0 saturated carbocycles. The number of hydrogen-bond donors (Lipinski definition) is 1. The van der Waals surface area contributed by atoms with Gasteiger partial charge in [0, 0.05) is 19.8 Å². The maximum atomic E-state index is 11.4. The molecule has 1 heterocycles. The molecule has 1 fully saturated rings. The minimum absolute atomic E-state index is 0.305. The first-order chi connectivity index (χ1) is 6.74. The van der Waals surface area contributed by atoms with Crippen molar-refractivity contribution in [2.75, 3.05) is 0 Å². The van der Waals surface area contributed by atoms with Crippen molar-refractivity contribution in [3.8, 4) is 0 Å². The van der Waals surface area contributed by atoms with Crippen LogP contribution in [-0.4, -0.2) is 22.8 Å². The van der Waals surface area contributed by atoms with Crippen LogP contribution in [0.2, 0.25) is 0 Å². The van der Waals surface area contributed by atoms with Gasteiger partial charge in [0.15, 0.2) is 5.57 Å². The van der Waals surface area contributed by atoms with Crippen LogP contribution in [-0.2, 0) is 19.1 Å². The number of aliphatic hydroxyl groups is 1. The van der Waals surface area contributed by atoms with Gasteiger partial charge in [0.25, 0.3) is 5.79 Å². The van der Waals surface area contributed by atoms with E-state index in [1.54, 1.807) is 13.8 Å². The number of ether oxygens (including phenoxy) is 2. The van der Waals surface area contributed by atoms with E-state index in [9.17, 15) is 14.7 Å². The molecule has 0 aliphatic carbocycles. The van der Waals surface area contributed by atoms with Gasteiger partial charge in [-0.15, -0.1) is 0 Å². The Morgan fingerprint density at radius 1 is 1.20 bits per heavy atom. The third-order valence-electron chi connectivity index (χ3n) is 1.89. The number of aliphatic hydroxyl groups excluding tert-OH is 1. The van der Waals surface area contributed by atoms with Gasteiger partial charge in [-0.25, -0.2) is 9.59 Å². The van der Waals surface area contributed by atoms with Crippen LogP contribution in [0.15, 0.2) is 11.3 Å². The van der Waals surface area contributed by atoms with Crippen LogP contribution in [0.5, 0.6) is 0 Å². The Bertz CT molecular complexity index is 316. The second-order valence-electron chi connectivity index (χ2n) is 4.09. The number of allylic oxidation sites excluding steroid dienone is 1. The molecule has 0 spiro atoms. The van der Waals surface area contributed by atoms with Crippen LogP contribution in [0.3, 0.4) is 0 Å². The SMILES string of the molecule is CC(C)C(O)=C1C(=O)OC(C)(C)OC1=O. The zero-order chi connectivity index (χ0) is 11.8. The van der Waals surface area contributed by atoms with Crippen LogP contribution < -0.4 is 0 Å². The van der Waals surface area contributed by atoms with Crippen molar-refractivity contribution < 1.29 is 24.2 Å². The predicted molar refractivity (Wildman–Crippen MR) is 50.8 cm³/mol. The molecule has 5 nitrogen and oxygen atoms in total. The molecule has 0 aromatic rings. The molecule has 0 radical (unpaired) electrons. The van der Waals surface area contributed by atoms with Gasteiger partial charge in [0.05, 0.1) is 0 Å². The zero-order valence-corrected chi connectivity index (χ0v) is 9.16. The van der Waals surface area contributed by atoms with E-state index in [4.69, 9.17) is 9.47 Å². The molecule has 0 amide bonds. The summed E-state index contributed by atoms with van der Waals surface area (Å²) in [6.07, 6.45) is 0. The Morgan fingerprint density at radius 3 is 1.93 bits per heavy atom. The Balaban J connectivity index is 3.10. The quantitative estimate of drug-likeness (QED) is 0.308. The summed E-state index contributed by atoms with van der Waals surface area (Å²) < 4.78 is 9.66. The summed E-state index contributed by atoms with van der Waals surface area (Å²) in [5.41, 5.74) is -0.413. The monoisotopic (exact) mass is 214 g/mol. The van der Waals surface area contributed by atoms with Crippen molar-refractivity contribution in [2.24, 2.45) is 5.92 Å². The van der Waals surface area contributed by atoms with Crippen LogP contribution in [0.25, 0.3) is 0 Å². The first-order valence-corrected chi connectivity index (χ1v) is 4.64. The summed E-state index contributed by atoms with van der Waals surface area (Å²) >= 11 is 0. The summed E-state index contributed by atoms with van der Waals surface area (Å²) in [7, 11) is 0. The normalized spacial score (nSPS) is 19.9. The van der Waals surface area contributed by atoms with Crippen LogP contribution in [0, 0.1) is 5.92 Å². The second kappa shape index (κ2) is 3.56. The minimum Gasteiger partial charge on any atom is -0.511 e. The average Bonchev–Trinajstić information content (AvgIpc) is 1.99. The third kappa shape index (κ3) is 2.29. The van der Waals surface area contributed by atoms with E-state index in [0.29, 0.717) is 0 Å². The maximum absolute atomic E-state index is 11.4. The van der Waals surface area contributed by atoms with Crippen LogP contribution >= 0.6 is 0 Å². The van der Waals surface area contributed by atoms with Crippen molar-refractivity contribution in [3.05, 3.63) is 11.3 Å². The van der Waals surface area contributed by atoms with Crippen molar-refractivity contribution in [1.82, 2.24) is 0 Å². The lowest BCUT2D eigenvalue weighted by Crippen LogP contribution is -2.42. The summed E-state index contributed by atoms with van der Waals surface area (Å²) in [5.74, 6) is -3.60. The molecule has 1 aliphatic heterocycles. The smallest absolute Gasteiger partial charge is 0.352 e. The Morgan fingerprint density at radius 2 is 1.60 bits per heavy atom. The maximum Gasteiger partial charge on any atom is 0.352 e. The van der Waals surface area contributed by atoms with Gasteiger partial charge in [0.2, 0.25) is 0 Å². The molecule has 1 aliphatic rings. The standard InChI is InChI=1S/C10H14O5/c1-5(2)7(11)6-8(12)14-10(3,4)15-9(6)13/h5,11H,1-4H3. The van der Waals surface area contributed by atoms with E-state index in [2.05, 4.69) is 0 Å². The lowest BCUT2D eigenvalue weighted by Gasteiger charge is -2.30. The molecule has 0 bridgehead atoms. The van der Waals surface area contributed by atoms with Gasteiger partial charge in [-0.1, -0.05) is 13.8 Å². The summed E-state index contributed by atoms with van der Waals surface area (Å²) in [5, 5.41) is 9.54. The molecular formula is C10H14O5. The molecular weight excluding hydrogens is 200 g/mol. The van der Waals surface area contributed by atoms with Gasteiger partial charge in [0.1, 0.15) is 5.76 Å². The fraction of sp³-hybridized carbons (Fsp3) is 0.600. The molecule has 15 heavy (non-hydrogen) atoms. The summed E-state index contributed by atoms with van der Waals surface area (Å²) in [4.78, 5) is 22.9. The van der Waals surface area contributed by atoms with Crippen LogP contribution in [0.4, 0.5) is 0 Å². The zero-order valence-electron chi connectivity index (χ0n) is 9.16. The van der Waals surface area contributed by atoms with E-state index in [0.717, 1.165) is 0 Å². The highest BCUT2D eigenvalue weighted by Crippen LogP contribution is 2.25. The molecule has 1 saturated heterocycles. The Hall–Kier alpha value is -1.52. The van der Waals surface area contributed by atoms with Crippen molar-refractivity contribution in [3.63, 3.8) is 0 Å². The number of carbonyl (C=O) groups is 2. The molecule has 0 unspecified atom stereocenters. The fourth-order valence-electron chi connectivity index (χ4n) is 1.15. The van der Waals surface area contributed by atoms with Gasteiger partial charge in [-0.3, -0.25) is 0 Å². The highest BCUT2D eigenvalue weighted by Gasteiger charge is 2.41. The van der Waals surface area contributed by atoms with Crippen molar-refractivity contribution in [1.29, 1.82) is 0 Å². The fourth-order valence-corrected chi connectivity index (χ4v) is 1.15. The molecule has 84 valence electrons. The predicted octanol–water partition coefficient (Wildman–Crippen LogP) is 1.29. The number of cyclic esters (lactones) is 2. The topological polar surface area (TPSA) is 72.8 Å². The largest absolute Gasteiger partial charge is 0.511 e. The number of hydrogen-bond acceptors (Lipinski definition) is 5. The number of carbonyl (C=O) groups excluding carboxylic acids is 2. The van der Waals surface area contributed by atoms with Gasteiger partial charge < -0.3 is 14.6 Å². The molecule has 5 heteroatoms. The van der Waals surface area contributed by atoms with Crippen LogP contribution in [0.1, 0.15) is 27.7 Å². The third-order valence-corrected chi connectivity index (χ3v) is 1.89. The van der Waals surface area contributed by atoms with Gasteiger partial charge >= 0.3 is 11.9 Å². The van der Waals surface area contributed by atoms with Gasteiger partial charge in [-0.05, 0) is 0 Å². The number of esters is 2. The summed E-state index contributed by atoms with van der Waals surface area (Å²) in [6, 6.07) is 0. The molecule has 1 rings (SSSR count). The van der Waals surface area contributed by atoms with E-state index < -0.39 is 23.3 Å². The lowest BCUT2D eigenvalue weighted by atomic mass is 10.1. The summed E-state index contributed by atoms with van der Waals surface area (Å²) in [6.45, 7) is 6.21. The molecule has 1 N–H and O–H groups in total. The van der Waals surface area contributed by atoms with Gasteiger partial charge in [-0.2, -0.15) is 0 Å². The van der Waals surface area contributed by atoms with E-state index >= 15 is 0 Å². The van der Waals surface area contributed by atoms with Crippen molar-refractivity contribution >= 4 is 11.9 Å². The average molecular weight is 214 g/mol. The number of rotatable bonds is 1. The Labute approximate surface area is 87.7 Å². The second-order valence-corrected chi connectivity index (χ2v) is 4.09. The Kier molecular flexibility index (Phi) is 2.75. The minimum atomic E-state index is -1.27. The molecule has 0 aromatic carbocycles. The highest BCUT2D eigenvalue weighted by atomic mass is 16.7. The van der Waals surface area contributed by atoms with E-state index in [-0.39, 0.29) is 11.7 Å². The first kappa shape index (κ1) is 11.6. The molecule has 0 atom stereocenters. The van der Waals surface area contributed by atoms with E-state index in [1.165, 1.54) is 13.8 Å². The molecule has 0 aromatic heterocycles. The lowest BCUT2D eigenvalue weighted by molar-refractivity contribution is -0.222. The van der Waals surface area contributed by atoms with E-state index in [1.807, 2.05) is 0 Å². The van der Waals surface area contributed by atoms with Crippen molar-refractivity contribution in [2.45, 2.75) is 33.5 Å². The first-order valence-electron chi connectivity index (χ1n) is 4.64. The highest BCUT2D eigenvalue weighted by molar-refractivity contribution is 6.15.